The highest BCUT2D eigenvalue weighted by Gasteiger charge is 1.99. The zero-order chi connectivity index (χ0) is 6.97. The van der Waals surface area contributed by atoms with Gasteiger partial charge in [-0.15, -0.1) is 34.4 Å². The SMILES string of the molecule is CSc1cc2ccsc2s1. The molecule has 2 rings (SSSR count). The van der Waals surface area contributed by atoms with Crippen molar-refractivity contribution in [1.29, 1.82) is 0 Å². The van der Waals surface area contributed by atoms with Crippen LogP contribution in [0, 0.1) is 0 Å². The van der Waals surface area contributed by atoms with Gasteiger partial charge in [0.1, 0.15) is 0 Å². The molecule has 0 bridgehead atoms. The summed E-state index contributed by atoms with van der Waals surface area (Å²) >= 11 is 5.54. The molecule has 2 heterocycles. The second-order valence-electron chi connectivity index (χ2n) is 1.93. The molecule has 10 heavy (non-hydrogen) atoms. The quantitative estimate of drug-likeness (QED) is 0.612. The third-order valence-electron chi connectivity index (χ3n) is 1.33. The van der Waals surface area contributed by atoms with E-state index in [9.17, 15) is 0 Å². The van der Waals surface area contributed by atoms with E-state index in [1.54, 1.807) is 0 Å². The molecule has 0 aromatic carbocycles. The molecule has 0 aliphatic heterocycles. The van der Waals surface area contributed by atoms with Gasteiger partial charge in [0.25, 0.3) is 0 Å². The fourth-order valence-corrected chi connectivity index (χ4v) is 3.67. The van der Waals surface area contributed by atoms with Crippen molar-refractivity contribution in [2.45, 2.75) is 4.21 Å². The summed E-state index contributed by atoms with van der Waals surface area (Å²) in [7, 11) is 0. The molecule has 0 radical (unpaired) electrons. The van der Waals surface area contributed by atoms with Crippen molar-refractivity contribution in [1.82, 2.24) is 0 Å². The molecular formula is C7H6S3. The van der Waals surface area contributed by atoms with Crippen LogP contribution < -0.4 is 0 Å². The van der Waals surface area contributed by atoms with Crippen LogP contribution in [0.3, 0.4) is 0 Å². The first-order chi connectivity index (χ1) is 4.90. The van der Waals surface area contributed by atoms with E-state index in [1.807, 2.05) is 34.4 Å². The first-order valence-electron chi connectivity index (χ1n) is 2.91. The lowest BCUT2D eigenvalue weighted by Crippen LogP contribution is -1.48. The summed E-state index contributed by atoms with van der Waals surface area (Å²) in [5.41, 5.74) is 0. The van der Waals surface area contributed by atoms with Crippen LogP contribution in [0.1, 0.15) is 0 Å². The number of hydrogen-bond acceptors (Lipinski definition) is 3. The van der Waals surface area contributed by atoms with Gasteiger partial charge in [0.15, 0.2) is 0 Å². The van der Waals surface area contributed by atoms with Crippen molar-refractivity contribution < 1.29 is 0 Å². The molecule has 0 fully saturated rings. The summed E-state index contributed by atoms with van der Waals surface area (Å²) in [6.07, 6.45) is 2.12. The minimum absolute atomic E-state index is 1.40. The fraction of sp³-hybridized carbons (Fsp3) is 0.143. The van der Waals surface area contributed by atoms with Crippen molar-refractivity contribution in [2.75, 3.05) is 6.26 Å². The molecular weight excluding hydrogens is 180 g/mol. The van der Waals surface area contributed by atoms with Gasteiger partial charge in [-0.2, -0.15) is 0 Å². The zero-order valence-electron chi connectivity index (χ0n) is 5.46. The van der Waals surface area contributed by atoms with Crippen molar-refractivity contribution in [3.8, 4) is 0 Å². The Labute approximate surface area is 71.9 Å². The fourth-order valence-electron chi connectivity index (χ4n) is 0.844. The molecule has 2 aromatic heterocycles. The van der Waals surface area contributed by atoms with Crippen molar-refractivity contribution in [2.24, 2.45) is 0 Å². The van der Waals surface area contributed by atoms with E-state index in [1.165, 1.54) is 13.6 Å². The Bertz CT molecular complexity index is 303. The molecule has 0 aliphatic rings. The van der Waals surface area contributed by atoms with Gasteiger partial charge in [-0.25, -0.2) is 0 Å². The molecule has 52 valence electrons. The standard InChI is InChI=1S/C7H6S3/c1-8-6-4-5-2-3-9-7(5)10-6/h2-4H,1H3. The van der Waals surface area contributed by atoms with E-state index in [2.05, 4.69) is 23.8 Å². The molecule has 0 amide bonds. The third kappa shape index (κ3) is 0.983. The number of fused-ring (bicyclic) bond motifs is 1. The Morgan fingerprint density at radius 2 is 2.40 bits per heavy atom. The molecule has 0 saturated heterocycles. The molecule has 0 aliphatic carbocycles. The van der Waals surface area contributed by atoms with Crippen LogP contribution in [0.25, 0.3) is 9.40 Å². The van der Waals surface area contributed by atoms with Crippen molar-refractivity contribution in [3.63, 3.8) is 0 Å². The zero-order valence-corrected chi connectivity index (χ0v) is 7.91. The van der Waals surface area contributed by atoms with E-state index in [0.717, 1.165) is 0 Å². The molecule has 0 saturated carbocycles. The minimum Gasteiger partial charge on any atom is -0.133 e. The molecule has 2 aromatic rings. The van der Waals surface area contributed by atoms with Crippen LogP contribution in [-0.4, -0.2) is 6.26 Å². The first-order valence-corrected chi connectivity index (χ1v) is 5.83. The van der Waals surface area contributed by atoms with Crippen LogP contribution in [0.5, 0.6) is 0 Å². The minimum atomic E-state index is 1.40. The highest BCUT2D eigenvalue weighted by molar-refractivity contribution is 8.00. The summed E-state index contributed by atoms with van der Waals surface area (Å²) in [4.78, 5) is 0. The van der Waals surface area contributed by atoms with Gasteiger partial charge in [0.05, 0.1) is 8.22 Å². The van der Waals surface area contributed by atoms with Gasteiger partial charge < -0.3 is 0 Å². The average Bonchev–Trinajstić information content (AvgIpc) is 2.42. The summed E-state index contributed by atoms with van der Waals surface area (Å²) in [6.45, 7) is 0. The number of rotatable bonds is 1. The second-order valence-corrected chi connectivity index (χ2v) is 5.27. The van der Waals surface area contributed by atoms with Gasteiger partial charge in [0.2, 0.25) is 0 Å². The Morgan fingerprint density at radius 3 is 3.10 bits per heavy atom. The van der Waals surface area contributed by atoms with E-state index < -0.39 is 0 Å². The molecule has 0 atom stereocenters. The topological polar surface area (TPSA) is 0 Å². The van der Waals surface area contributed by atoms with Gasteiger partial charge >= 0.3 is 0 Å². The molecule has 0 spiro atoms. The van der Waals surface area contributed by atoms with Crippen LogP contribution in [0.4, 0.5) is 0 Å². The molecule has 0 nitrogen and oxygen atoms in total. The molecule has 3 heteroatoms. The Balaban J connectivity index is 2.67. The first kappa shape index (κ1) is 6.70. The number of thioether (sulfide) groups is 1. The summed E-state index contributed by atoms with van der Waals surface area (Å²) < 4.78 is 2.87. The lowest BCUT2D eigenvalue weighted by molar-refractivity contribution is 1.78. The summed E-state index contributed by atoms with van der Waals surface area (Å²) in [6, 6.07) is 4.43. The van der Waals surface area contributed by atoms with E-state index in [4.69, 9.17) is 0 Å². The Morgan fingerprint density at radius 1 is 1.50 bits per heavy atom. The van der Waals surface area contributed by atoms with Crippen molar-refractivity contribution in [3.05, 3.63) is 17.5 Å². The highest BCUT2D eigenvalue weighted by Crippen LogP contribution is 2.34. The predicted molar refractivity (Wildman–Crippen MR) is 51.5 cm³/mol. The molecule has 0 unspecified atom stereocenters. The van der Waals surface area contributed by atoms with Crippen LogP contribution >= 0.6 is 34.4 Å². The largest absolute Gasteiger partial charge is 0.133 e. The lowest BCUT2D eigenvalue weighted by atomic mass is 10.4. The van der Waals surface area contributed by atoms with Crippen LogP contribution in [0.15, 0.2) is 21.7 Å². The second kappa shape index (κ2) is 2.57. The maximum Gasteiger partial charge on any atom is 0.0876 e. The lowest BCUT2D eigenvalue weighted by Gasteiger charge is -1.80. The van der Waals surface area contributed by atoms with E-state index in [-0.39, 0.29) is 0 Å². The maximum atomic E-state index is 2.25. The van der Waals surface area contributed by atoms with E-state index in [0.29, 0.717) is 0 Å². The van der Waals surface area contributed by atoms with Gasteiger partial charge in [-0.3, -0.25) is 0 Å². The van der Waals surface area contributed by atoms with Gasteiger partial charge in [-0.05, 0) is 23.8 Å². The maximum absolute atomic E-state index is 2.25. The van der Waals surface area contributed by atoms with Gasteiger partial charge in [-0.1, -0.05) is 0 Å². The predicted octanol–water partition coefficient (Wildman–Crippen LogP) is 3.68. The number of thiophene rings is 2. The monoisotopic (exact) mass is 186 g/mol. The van der Waals surface area contributed by atoms with Gasteiger partial charge in [0, 0.05) is 5.39 Å². The van der Waals surface area contributed by atoms with Crippen LogP contribution in [0.2, 0.25) is 0 Å². The van der Waals surface area contributed by atoms with Crippen LogP contribution in [-0.2, 0) is 0 Å². The third-order valence-corrected chi connectivity index (χ3v) is 4.60. The smallest absolute Gasteiger partial charge is 0.0876 e. The Hall–Kier alpha value is 0.01000. The number of hydrogen-bond donors (Lipinski definition) is 0. The summed E-state index contributed by atoms with van der Waals surface area (Å²) in [5, 5.41) is 3.55. The van der Waals surface area contributed by atoms with Crippen molar-refractivity contribution >= 4 is 43.8 Å². The average molecular weight is 186 g/mol. The normalized spacial score (nSPS) is 10.9. The van der Waals surface area contributed by atoms with E-state index >= 15 is 0 Å². The highest BCUT2D eigenvalue weighted by atomic mass is 32.2. The summed E-state index contributed by atoms with van der Waals surface area (Å²) in [5.74, 6) is 0. The Kier molecular flexibility index (Phi) is 1.72. The molecule has 0 N–H and O–H groups in total.